The average molecular weight is 1870 g/mol. The van der Waals surface area contributed by atoms with Gasteiger partial charge in [0.2, 0.25) is 0 Å². The van der Waals surface area contributed by atoms with Gasteiger partial charge in [0.05, 0.1) is 33.1 Å². The molecule has 29 rings (SSSR count). The molecular formula is C128H77Cl3N4O2S2. The highest BCUT2D eigenvalue weighted by Crippen LogP contribution is 2.56. The van der Waals surface area contributed by atoms with Gasteiger partial charge in [-0.05, 0) is 188 Å². The molecule has 0 unspecified atom stereocenters. The quantitative estimate of drug-likeness (QED) is 0.121. The SMILES string of the molecule is Clc1cc2oc3c4cccc(N(c5cccc(-c6ccccc6)c5)c5ccc6c(c5)oc5ccccc56)c4ccc3c2c2ccccc12.Clc1ccc2c3ccccc3c3sc4c5c(N(c6ccccc6)c6ccccc6)cccc5c5ccccc5c4c3c2c1.Clc1cccc2c1ccc1c3ccc4c(N(c5ccccc5)c5ccc6c7ccccc7n(-c7ccccc7)c6c5)cccc4c3sc21. The van der Waals surface area contributed by atoms with Crippen LogP contribution < -0.4 is 14.7 Å². The maximum absolute atomic E-state index is 6.73. The summed E-state index contributed by atoms with van der Waals surface area (Å²) in [6.07, 6.45) is 0. The highest BCUT2D eigenvalue weighted by Gasteiger charge is 2.28. The molecule has 0 aliphatic heterocycles. The van der Waals surface area contributed by atoms with Crippen molar-refractivity contribution < 1.29 is 8.83 Å². The second kappa shape index (κ2) is 33.5. The predicted molar refractivity (Wildman–Crippen MR) is 599 cm³/mol. The molecule has 0 saturated heterocycles. The first kappa shape index (κ1) is 82.0. The third kappa shape index (κ3) is 13.5. The van der Waals surface area contributed by atoms with Crippen LogP contribution in [-0.2, 0) is 0 Å². The largest absolute Gasteiger partial charge is 0.456 e. The van der Waals surface area contributed by atoms with Crippen molar-refractivity contribution in [3.05, 3.63) is 482 Å². The molecule has 0 bridgehead atoms. The van der Waals surface area contributed by atoms with Gasteiger partial charge in [0.1, 0.15) is 22.3 Å². The number of para-hydroxylation sites is 6. The Morgan fingerprint density at radius 2 is 0.597 bits per heavy atom. The molecule has 6 nitrogen and oxygen atoms in total. The van der Waals surface area contributed by atoms with E-state index in [0.29, 0.717) is 5.02 Å². The van der Waals surface area contributed by atoms with E-state index in [1.807, 2.05) is 65.1 Å². The van der Waals surface area contributed by atoms with Crippen molar-refractivity contribution in [1.82, 2.24) is 4.57 Å². The zero-order valence-electron chi connectivity index (χ0n) is 74.5. The van der Waals surface area contributed by atoms with E-state index in [4.69, 9.17) is 43.6 Å². The van der Waals surface area contributed by atoms with Gasteiger partial charge in [-0.1, -0.05) is 350 Å². The maximum Gasteiger partial charge on any atom is 0.143 e. The molecule has 11 heteroatoms. The van der Waals surface area contributed by atoms with Gasteiger partial charge in [-0.3, -0.25) is 0 Å². The lowest BCUT2D eigenvalue weighted by molar-refractivity contribution is 0.669. The first-order chi connectivity index (χ1) is 68.7. The second-order valence-corrected chi connectivity index (χ2v) is 38.8. The minimum Gasteiger partial charge on any atom is -0.456 e. The number of hydrogen-bond acceptors (Lipinski definition) is 7. The Balaban J connectivity index is 0.000000105. The number of nitrogens with zero attached hydrogens (tertiary/aromatic N) is 4. The van der Waals surface area contributed by atoms with E-state index in [1.165, 1.54) is 133 Å². The van der Waals surface area contributed by atoms with E-state index < -0.39 is 0 Å². The predicted octanol–water partition coefficient (Wildman–Crippen LogP) is 40.0. The van der Waals surface area contributed by atoms with Crippen LogP contribution in [0, 0.1) is 0 Å². The fourth-order valence-corrected chi connectivity index (χ4v) is 25.2. The molecule has 139 heavy (non-hydrogen) atoms. The lowest BCUT2D eigenvalue weighted by Gasteiger charge is -2.27. The first-order valence-electron chi connectivity index (χ1n) is 46.6. The van der Waals surface area contributed by atoms with E-state index >= 15 is 0 Å². The molecule has 5 aromatic heterocycles. The third-order valence-electron chi connectivity index (χ3n) is 27.8. The standard InChI is InChI=1S/C44H27ClN2S.C44H26ClNO2.C40H24ClNS/c45-39-18-9-16-35-31(39)23-25-37-38-26-24-34-36(44(38)48-43(35)37)17-10-20-40(34)46(28-11-3-1-4-12-28)30-21-22-33-32-15-7-8-19-41(32)47(42(33)27-30)29-13-5-2-6-14-29;45-38-26-42-43(35-16-5-4-14-31(35)38)37-23-22-32-36(44(37)48-42)17-9-18-39(32)46(29-13-8-12-28(24-29)27-10-2-1-3-11-27)30-20-21-34-33-15-6-7-19-40(33)47-41(34)25-30;41-25-22-23-30-28-16-8-10-19-33(28)39-38(34(30)24-25)37-32-18-9-7-17-29(32)31-20-11-21-35(36(31)40(37)43-39)42(26-12-3-1-4-13-26)27-14-5-2-6-15-27/h1-27H;1-26H;1-24H. The summed E-state index contributed by atoms with van der Waals surface area (Å²) in [6.45, 7) is 0. The van der Waals surface area contributed by atoms with Crippen LogP contribution in [0.2, 0.25) is 15.1 Å². The Morgan fingerprint density at radius 3 is 1.29 bits per heavy atom. The molecule has 654 valence electrons. The molecule has 0 radical (unpaired) electrons. The molecule has 24 aromatic carbocycles. The van der Waals surface area contributed by atoms with Crippen molar-refractivity contribution in [1.29, 1.82) is 0 Å². The van der Waals surface area contributed by atoms with Gasteiger partial charge in [0.25, 0.3) is 0 Å². The molecule has 0 spiro atoms. The van der Waals surface area contributed by atoms with Crippen LogP contribution in [0.5, 0.6) is 0 Å². The average Bonchev–Trinajstić information content (AvgIpc) is 1.53. The monoisotopic (exact) mass is 1870 g/mol. The number of hydrogen-bond donors (Lipinski definition) is 0. The third-order valence-corrected chi connectivity index (χ3v) is 31.2. The zero-order chi connectivity index (χ0) is 92.0. The van der Waals surface area contributed by atoms with Crippen LogP contribution >= 0.6 is 57.5 Å². The summed E-state index contributed by atoms with van der Waals surface area (Å²) in [5, 5.41) is 33.3. The summed E-state index contributed by atoms with van der Waals surface area (Å²) >= 11 is 23.8. The normalized spacial score (nSPS) is 11.8. The summed E-state index contributed by atoms with van der Waals surface area (Å²) in [7, 11) is 0. The summed E-state index contributed by atoms with van der Waals surface area (Å²) < 4.78 is 20.6. The van der Waals surface area contributed by atoms with Gasteiger partial charge < -0.3 is 28.1 Å². The molecule has 5 heterocycles. The van der Waals surface area contributed by atoms with Gasteiger partial charge in [-0.25, -0.2) is 0 Å². The Labute approximate surface area is 821 Å². The fourth-order valence-electron chi connectivity index (χ4n) is 21.7. The van der Waals surface area contributed by atoms with Crippen molar-refractivity contribution in [3.8, 4) is 16.8 Å². The topological polar surface area (TPSA) is 40.9 Å². The van der Waals surface area contributed by atoms with Gasteiger partial charge in [0, 0.05) is 183 Å². The number of anilines is 9. The van der Waals surface area contributed by atoms with Crippen molar-refractivity contribution in [2.24, 2.45) is 0 Å². The minimum absolute atomic E-state index is 0.688. The van der Waals surface area contributed by atoms with Crippen LogP contribution in [0.4, 0.5) is 51.2 Å². The second-order valence-electron chi connectivity index (χ2n) is 35.5. The highest BCUT2D eigenvalue weighted by atomic mass is 35.5. The van der Waals surface area contributed by atoms with Crippen LogP contribution in [-0.4, -0.2) is 4.57 Å². The number of furan rings is 2. The number of benzene rings is 24. The summed E-state index contributed by atoms with van der Waals surface area (Å²) in [5.41, 5.74) is 19.1. The molecule has 0 aliphatic rings. The Kier molecular flexibility index (Phi) is 19.7. The summed E-state index contributed by atoms with van der Waals surface area (Å²) in [5.74, 6) is 0. The van der Waals surface area contributed by atoms with Gasteiger partial charge in [0.15, 0.2) is 0 Å². The molecule has 0 fully saturated rings. The van der Waals surface area contributed by atoms with Crippen molar-refractivity contribution >= 4 is 301 Å². The van der Waals surface area contributed by atoms with Crippen LogP contribution in [0.25, 0.3) is 209 Å². The van der Waals surface area contributed by atoms with Crippen molar-refractivity contribution in [3.63, 3.8) is 0 Å². The van der Waals surface area contributed by atoms with Crippen LogP contribution in [0.1, 0.15) is 0 Å². The number of rotatable bonds is 11. The molecule has 0 saturated carbocycles. The molecule has 0 atom stereocenters. The number of thiophene rings is 2. The Hall–Kier alpha value is -16.5. The van der Waals surface area contributed by atoms with Gasteiger partial charge >= 0.3 is 0 Å². The van der Waals surface area contributed by atoms with E-state index in [9.17, 15) is 0 Å². The van der Waals surface area contributed by atoms with Crippen LogP contribution in [0.15, 0.2) is 476 Å². The molecule has 29 aromatic rings. The Bertz CT molecular complexity index is 10000. The summed E-state index contributed by atoms with van der Waals surface area (Å²) in [4.78, 5) is 7.12. The molecule has 0 N–H and O–H groups in total. The fraction of sp³-hybridized carbons (Fsp3) is 0. The van der Waals surface area contributed by atoms with Crippen molar-refractivity contribution in [2.75, 3.05) is 14.7 Å². The lowest BCUT2D eigenvalue weighted by atomic mass is 9.92. The first-order valence-corrected chi connectivity index (χ1v) is 49.4. The highest BCUT2D eigenvalue weighted by molar-refractivity contribution is 7.28. The van der Waals surface area contributed by atoms with Crippen molar-refractivity contribution in [2.45, 2.75) is 0 Å². The van der Waals surface area contributed by atoms with E-state index in [-0.39, 0.29) is 0 Å². The van der Waals surface area contributed by atoms with Gasteiger partial charge in [-0.15, -0.1) is 22.7 Å². The molecular weight excluding hydrogens is 1800 g/mol. The van der Waals surface area contributed by atoms with Crippen LogP contribution in [0.3, 0.4) is 0 Å². The number of fused-ring (bicyclic) bond motifs is 33. The number of aromatic nitrogens is 1. The lowest BCUT2D eigenvalue weighted by Crippen LogP contribution is -2.10. The minimum atomic E-state index is 0.688. The smallest absolute Gasteiger partial charge is 0.143 e. The molecule has 0 aliphatic carbocycles. The molecule has 0 amide bonds. The van der Waals surface area contributed by atoms with Gasteiger partial charge in [-0.2, -0.15) is 0 Å². The Morgan fingerprint density at radius 1 is 0.194 bits per heavy atom. The summed E-state index contributed by atoms with van der Waals surface area (Å²) in [6, 6.07) is 166. The zero-order valence-corrected chi connectivity index (χ0v) is 78.4. The van der Waals surface area contributed by atoms with E-state index in [1.54, 1.807) is 0 Å². The van der Waals surface area contributed by atoms with E-state index in [0.717, 1.165) is 138 Å². The van der Waals surface area contributed by atoms with E-state index in [2.05, 4.69) is 444 Å². The number of halogens is 3. The maximum atomic E-state index is 6.73.